The van der Waals surface area contributed by atoms with Crippen molar-refractivity contribution < 1.29 is 9.59 Å². The molecular weight excluding hydrogens is 358 g/mol. The van der Waals surface area contributed by atoms with E-state index in [0.29, 0.717) is 41.8 Å². The lowest BCUT2D eigenvalue weighted by molar-refractivity contribution is -0.157. The summed E-state index contributed by atoms with van der Waals surface area (Å²) in [5.41, 5.74) is 5.63. The average Bonchev–Trinajstić information content (AvgIpc) is 2.92. The summed E-state index contributed by atoms with van der Waals surface area (Å²) in [6.07, 6.45) is 13.6. The minimum atomic E-state index is -0.132. The normalized spacial score (nSPS) is 46.6. The zero-order valence-corrected chi connectivity index (χ0v) is 17.7. The van der Waals surface area contributed by atoms with Gasteiger partial charge in [-0.2, -0.15) is 0 Å². The van der Waals surface area contributed by atoms with Crippen molar-refractivity contribution in [1.82, 2.24) is 0 Å². The van der Waals surface area contributed by atoms with E-state index in [2.05, 4.69) is 26.0 Å². The van der Waals surface area contributed by atoms with Gasteiger partial charge in [0.15, 0.2) is 0 Å². The predicted octanol–water partition coefficient (Wildman–Crippen LogP) is 4.72. The third-order valence-electron chi connectivity index (χ3n) is 8.95. The fourth-order valence-corrected chi connectivity index (χ4v) is 7.40. The van der Waals surface area contributed by atoms with E-state index in [0.717, 1.165) is 44.9 Å². The molecule has 4 rings (SSSR count). The van der Waals surface area contributed by atoms with Crippen LogP contribution in [0.2, 0.25) is 0 Å². The summed E-state index contributed by atoms with van der Waals surface area (Å²) in [4.78, 5) is 25.7. The number of fused-ring (bicyclic) bond motifs is 5. The molecule has 7 atom stereocenters. The first-order valence-electron chi connectivity index (χ1n) is 10.8. The number of carbonyl (C=O) groups is 2. The lowest BCUT2D eigenvalue weighted by Crippen LogP contribution is -2.56. The van der Waals surface area contributed by atoms with Gasteiger partial charge in [0.05, 0.1) is 0 Å². The SMILES string of the molecule is C[C@]12CC[C@H](C=CCCN)CC1C(=O)C[C@@H]1[C@@H]2CC[C@]2(C)C(=O)CC[C@@H]12.Cl. The highest BCUT2D eigenvalue weighted by atomic mass is 35.5. The fraction of sp³-hybridized carbons (Fsp3) is 0.826. The maximum Gasteiger partial charge on any atom is 0.139 e. The zero-order valence-electron chi connectivity index (χ0n) is 16.9. The summed E-state index contributed by atoms with van der Waals surface area (Å²) in [5.74, 6) is 3.29. The number of rotatable bonds is 3. The van der Waals surface area contributed by atoms with E-state index in [-0.39, 0.29) is 29.2 Å². The van der Waals surface area contributed by atoms with Gasteiger partial charge in [0.25, 0.3) is 0 Å². The quantitative estimate of drug-likeness (QED) is 0.705. The molecule has 0 spiro atoms. The van der Waals surface area contributed by atoms with Crippen LogP contribution in [-0.2, 0) is 9.59 Å². The van der Waals surface area contributed by atoms with Crippen molar-refractivity contribution in [3.63, 3.8) is 0 Å². The molecule has 152 valence electrons. The molecule has 4 aliphatic carbocycles. The van der Waals surface area contributed by atoms with E-state index < -0.39 is 0 Å². The van der Waals surface area contributed by atoms with Gasteiger partial charge in [-0.3, -0.25) is 9.59 Å². The average molecular weight is 394 g/mol. The number of halogens is 1. The summed E-state index contributed by atoms with van der Waals surface area (Å²) in [7, 11) is 0. The van der Waals surface area contributed by atoms with Crippen molar-refractivity contribution in [3.8, 4) is 0 Å². The van der Waals surface area contributed by atoms with Crippen molar-refractivity contribution in [1.29, 1.82) is 0 Å². The van der Waals surface area contributed by atoms with E-state index >= 15 is 0 Å². The van der Waals surface area contributed by atoms with Crippen LogP contribution in [0.1, 0.15) is 71.6 Å². The van der Waals surface area contributed by atoms with Crippen LogP contribution >= 0.6 is 12.4 Å². The van der Waals surface area contributed by atoms with Crippen LogP contribution < -0.4 is 5.73 Å². The Bertz CT molecular complexity index is 632. The van der Waals surface area contributed by atoms with Gasteiger partial charge >= 0.3 is 0 Å². The topological polar surface area (TPSA) is 60.2 Å². The van der Waals surface area contributed by atoms with Crippen LogP contribution in [0.25, 0.3) is 0 Å². The summed E-state index contributed by atoms with van der Waals surface area (Å²) in [5, 5.41) is 0. The molecule has 0 radical (unpaired) electrons. The van der Waals surface area contributed by atoms with Crippen LogP contribution in [0.4, 0.5) is 0 Å². The number of ketones is 2. The third-order valence-corrected chi connectivity index (χ3v) is 8.95. The smallest absolute Gasteiger partial charge is 0.139 e. The number of carbonyl (C=O) groups excluding carboxylic acids is 2. The van der Waals surface area contributed by atoms with Crippen LogP contribution in [-0.4, -0.2) is 18.1 Å². The van der Waals surface area contributed by atoms with Crippen LogP contribution in [0.15, 0.2) is 12.2 Å². The number of nitrogens with two attached hydrogens (primary N) is 1. The second-order valence-corrected chi connectivity index (χ2v) is 10.1. The Morgan fingerprint density at radius 1 is 1.11 bits per heavy atom. The standard InChI is InChI=1S/C23H35NO2.ClH/c1-22-10-8-15(5-3-4-12-24)13-19(22)20(25)14-16-17-6-7-21(26)23(17,2)11-9-18(16)22;/h3,5,15-19H,4,6-14,24H2,1-2H3;1H/t15-,16-,17-,18-,19?,22+,23-;/m0./s1. The molecule has 1 unspecified atom stereocenters. The molecule has 2 N–H and O–H groups in total. The van der Waals surface area contributed by atoms with Gasteiger partial charge < -0.3 is 5.73 Å². The molecule has 4 saturated carbocycles. The highest BCUT2D eigenvalue weighted by molar-refractivity contribution is 5.88. The molecule has 0 aromatic rings. The highest BCUT2D eigenvalue weighted by Crippen LogP contribution is 2.65. The van der Waals surface area contributed by atoms with Crippen LogP contribution in [0, 0.1) is 40.4 Å². The van der Waals surface area contributed by atoms with Crippen molar-refractivity contribution in [2.24, 2.45) is 46.2 Å². The Hall–Kier alpha value is -0.670. The van der Waals surface area contributed by atoms with Gasteiger partial charge in [-0.1, -0.05) is 26.0 Å². The number of Topliss-reactive ketones (excluding diaryl/α,β-unsaturated/α-hetero) is 2. The van der Waals surface area contributed by atoms with Crippen molar-refractivity contribution in [2.75, 3.05) is 6.54 Å². The van der Waals surface area contributed by atoms with Gasteiger partial charge in [0.1, 0.15) is 11.6 Å². The summed E-state index contributed by atoms with van der Waals surface area (Å²) < 4.78 is 0. The maximum absolute atomic E-state index is 13.2. The monoisotopic (exact) mass is 393 g/mol. The lowest BCUT2D eigenvalue weighted by atomic mass is 9.44. The molecule has 0 bridgehead atoms. The van der Waals surface area contributed by atoms with Crippen molar-refractivity contribution in [2.45, 2.75) is 71.6 Å². The molecule has 0 aromatic carbocycles. The number of hydrogen-bond donors (Lipinski definition) is 1. The predicted molar refractivity (Wildman–Crippen MR) is 111 cm³/mol. The number of hydrogen-bond acceptors (Lipinski definition) is 3. The van der Waals surface area contributed by atoms with E-state index in [1.54, 1.807) is 0 Å². The molecule has 0 saturated heterocycles. The Kier molecular flexibility index (Phi) is 5.95. The second-order valence-electron chi connectivity index (χ2n) is 10.1. The molecule has 0 aliphatic heterocycles. The molecule has 0 amide bonds. The van der Waals surface area contributed by atoms with Gasteiger partial charge in [-0.15, -0.1) is 12.4 Å². The number of allylic oxidation sites excluding steroid dienone is 1. The summed E-state index contributed by atoms with van der Waals surface area (Å²) in [6.45, 7) is 5.30. The Labute approximate surface area is 170 Å². The highest BCUT2D eigenvalue weighted by Gasteiger charge is 2.62. The summed E-state index contributed by atoms with van der Waals surface area (Å²) in [6, 6.07) is 0. The fourth-order valence-electron chi connectivity index (χ4n) is 7.40. The molecule has 4 fully saturated rings. The molecule has 27 heavy (non-hydrogen) atoms. The Balaban J connectivity index is 0.00000210. The van der Waals surface area contributed by atoms with Crippen LogP contribution in [0.3, 0.4) is 0 Å². The van der Waals surface area contributed by atoms with Crippen molar-refractivity contribution >= 4 is 24.0 Å². The van der Waals surface area contributed by atoms with Gasteiger partial charge in [-0.05, 0) is 80.6 Å². The van der Waals surface area contributed by atoms with Gasteiger partial charge in [-0.25, -0.2) is 0 Å². The molecule has 3 nitrogen and oxygen atoms in total. The van der Waals surface area contributed by atoms with Gasteiger partial charge in [0, 0.05) is 24.2 Å². The summed E-state index contributed by atoms with van der Waals surface area (Å²) >= 11 is 0. The molecular formula is C23H36ClNO2. The molecule has 4 aliphatic rings. The minimum absolute atomic E-state index is 0. The van der Waals surface area contributed by atoms with Crippen LogP contribution in [0.5, 0.6) is 0 Å². The lowest BCUT2D eigenvalue weighted by Gasteiger charge is -2.59. The first-order valence-corrected chi connectivity index (χ1v) is 10.8. The minimum Gasteiger partial charge on any atom is -0.330 e. The molecule has 4 heteroatoms. The largest absolute Gasteiger partial charge is 0.330 e. The van der Waals surface area contributed by atoms with Gasteiger partial charge in [0.2, 0.25) is 0 Å². The van der Waals surface area contributed by atoms with E-state index in [1.165, 1.54) is 12.8 Å². The Morgan fingerprint density at radius 3 is 2.63 bits per heavy atom. The zero-order chi connectivity index (χ0) is 18.5. The maximum atomic E-state index is 13.2. The first kappa shape index (κ1) is 21.0. The first-order chi connectivity index (χ1) is 12.4. The molecule has 0 heterocycles. The van der Waals surface area contributed by atoms with Crippen molar-refractivity contribution in [3.05, 3.63) is 12.2 Å². The van der Waals surface area contributed by atoms with E-state index in [1.807, 2.05) is 0 Å². The third kappa shape index (κ3) is 3.23. The second kappa shape index (κ2) is 7.63. The van der Waals surface area contributed by atoms with E-state index in [4.69, 9.17) is 5.73 Å². The Morgan fingerprint density at radius 2 is 1.89 bits per heavy atom. The molecule has 0 aromatic heterocycles. The van der Waals surface area contributed by atoms with E-state index in [9.17, 15) is 9.59 Å².